The van der Waals surface area contributed by atoms with E-state index in [1.165, 1.54) is 0 Å². The van der Waals surface area contributed by atoms with Crippen molar-refractivity contribution in [2.75, 3.05) is 6.61 Å². The first-order chi connectivity index (χ1) is 10.3. The van der Waals surface area contributed by atoms with Crippen molar-refractivity contribution in [3.63, 3.8) is 0 Å². The lowest BCUT2D eigenvalue weighted by Gasteiger charge is -2.17. The second-order valence-electron chi connectivity index (χ2n) is 4.86. The van der Waals surface area contributed by atoms with Gasteiger partial charge in [-0.15, -0.1) is 0 Å². The average molecular weight is 283 g/mol. The summed E-state index contributed by atoms with van der Waals surface area (Å²) in [6.07, 6.45) is 0.631. The molecule has 21 heavy (non-hydrogen) atoms. The Morgan fingerprint density at radius 3 is 2.14 bits per heavy atom. The molecule has 1 N–H and O–H groups in total. The summed E-state index contributed by atoms with van der Waals surface area (Å²) < 4.78 is 5.16. The summed E-state index contributed by atoms with van der Waals surface area (Å²) in [5.74, 6) is -0.197. The van der Waals surface area contributed by atoms with E-state index in [0.717, 1.165) is 11.1 Å². The lowest BCUT2D eigenvalue weighted by atomic mass is 10.1. The number of carbonyl (C=O) groups is 1. The van der Waals surface area contributed by atoms with Gasteiger partial charge < -0.3 is 10.1 Å². The van der Waals surface area contributed by atoms with Crippen LogP contribution in [0.2, 0.25) is 0 Å². The summed E-state index contributed by atoms with van der Waals surface area (Å²) in [6, 6.07) is 19.7. The Morgan fingerprint density at radius 1 is 1.00 bits per heavy atom. The summed E-state index contributed by atoms with van der Waals surface area (Å²) in [5.41, 5.74) is 2.27. The van der Waals surface area contributed by atoms with Crippen LogP contribution in [0.4, 0.5) is 0 Å². The Balaban J connectivity index is 2.00. The Kier molecular flexibility index (Phi) is 5.98. The molecule has 110 valence electrons. The predicted octanol–water partition coefficient (Wildman–Crippen LogP) is 2.95. The van der Waals surface area contributed by atoms with Gasteiger partial charge >= 0.3 is 5.97 Å². The Hall–Kier alpha value is -2.13. The highest BCUT2D eigenvalue weighted by molar-refractivity contribution is 5.76. The van der Waals surface area contributed by atoms with E-state index in [2.05, 4.69) is 5.32 Å². The van der Waals surface area contributed by atoms with Crippen molar-refractivity contribution >= 4 is 5.97 Å². The first-order valence-electron chi connectivity index (χ1n) is 7.27. The fourth-order valence-electron chi connectivity index (χ4n) is 2.17. The molecule has 0 unspecified atom stereocenters. The first kappa shape index (κ1) is 15.3. The second kappa shape index (κ2) is 8.22. The minimum atomic E-state index is -0.326. The van der Waals surface area contributed by atoms with E-state index in [-0.39, 0.29) is 12.0 Å². The van der Waals surface area contributed by atoms with Crippen LogP contribution in [-0.2, 0) is 22.5 Å². The molecule has 0 aliphatic heterocycles. The van der Waals surface area contributed by atoms with Gasteiger partial charge in [0.05, 0.1) is 6.61 Å². The van der Waals surface area contributed by atoms with Crippen molar-refractivity contribution in [1.82, 2.24) is 5.32 Å². The monoisotopic (exact) mass is 283 g/mol. The van der Waals surface area contributed by atoms with Gasteiger partial charge in [0.1, 0.15) is 6.04 Å². The fraction of sp³-hybridized carbons (Fsp3) is 0.278. The van der Waals surface area contributed by atoms with Crippen molar-refractivity contribution in [2.45, 2.75) is 25.9 Å². The van der Waals surface area contributed by atoms with Crippen LogP contribution in [0.5, 0.6) is 0 Å². The van der Waals surface area contributed by atoms with Crippen molar-refractivity contribution in [3.05, 3.63) is 71.8 Å². The van der Waals surface area contributed by atoms with Gasteiger partial charge in [-0.05, 0) is 24.5 Å². The zero-order valence-electron chi connectivity index (χ0n) is 12.3. The molecule has 0 saturated heterocycles. The van der Waals surface area contributed by atoms with E-state index >= 15 is 0 Å². The van der Waals surface area contributed by atoms with Crippen LogP contribution >= 0.6 is 0 Å². The summed E-state index contributed by atoms with van der Waals surface area (Å²) in [4.78, 5) is 12.1. The van der Waals surface area contributed by atoms with Gasteiger partial charge in [-0.2, -0.15) is 0 Å². The number of hydrogen-bond donors (Lipinski definition) is 1. The Morgan fingerprint density at radius 2 is 1.57 bits per heavy atom. The molecule has 0 radical (unpaired) electrons. The zero-order chi connectivity index (χ0) is 14.9. The number of ether oxygens (including phenoxy) is 1. The maximum Gasteiger partial charge on any atom is 0.323 e. The molecule has 1 atom stereocenters. The molecule has 3 heteroatoms. The van der Waals surface area contributed by atoms with Crippen LogP contribution in [-0.4, -0.2) is 18.6 Å². The maximum absolute atomic E-state index is 12.1. The van der Waals surface area contributed by atoms with Crippen LogP contribution in [0, 0.1) is 0 Å². The normalized spacial score (nSPS) is 11.9. The van der Waals surface area contributed by atoms with Gasteiger partial charge in [0.25, 0.3) is 0 Å². The highest BCUT2D eigenvalue weighted by Crippen LogP contribution is 2.06. The minimum absolute atomic E-state index is 0.197. The number of benzene rings is 2. The molecule has 2 aromatic carbocycles. The SMILES string of the molecule is CCOC(=O)[C@H](Cc1ccccc1)NCc1ccccc1. The van der Waals surface area contributed by atoms with E-state index in [4.69, 9.17) is 4.74 Å². The highest BCUT2D eigenvalue weighted by atomic mass is 16.5. The molecule has 0 saturated carbocycles. The van der Waals surface area contributed by atoms with Crippen molar-refractivity contribution in [3.8, 4) is 0 Å². The Labute approximate surface area is 126 Å². The molecular formula is C18H21NO2. The largest absolute Gasteiger partial charge is 0.465 e. The second-order valence-corrected chi connectivity index (χ2v) is 4.86. The van der Waals surface area contributed by atoms with E-state index in [1.807, 2.05) is 67.6 Å². The molecule has 0 bridgehead atoms. The van der Waals surface area contributed by atoms with E-state index in [1.54, 1.807) is 0 Å². The highest BCUT2D eigenvalue weighted by Gasteiger charge is 2.19. The number of hydrogen-bond acceptors (Lipinski definition) is 3. The maximum atomic E-state index is 12.1. The lowest BCUT2D eigenvalue weighted by molar-refractivity contribution is -0.145. The molecule has 0 amide bonds. The zero-order valence-corrected chi connectivity index (χ0v) is 12.3. The molecule has 0 heterocycles. The topological polar surface area (TPSA) is 38.3 Å². The van der Waals surface area contributed by atoms with Gasteiger partial charge in [0.15, 0.2) is 0 Å². The van der Waals surface area contributed by atoms with Gasteiger partial charge in [0.2, 0.25) is 0 Å². The third-order valence-electron chi connectivity index (χ3n) is 3.25. The molecular weight excluding hydrogens is 262 g/mol. The molecule has 0 fully saturated rings. The Bertz CT molecular complexity index is 540. The molecule has 0 aliphatic carbocycles. The average Bonchev–Trinajstić information content (AvgIpc) is 2.53. The van der Waals surface area contributed by atoms with Gasteiger partial charge in [-0.1, -0.05) is 60.7 Å². The number of carbonyl (C=O) groups excluding carboxylic acids is 1. The van der Waals surface area contributed by atoms with Crippen molar-refractivity contribution in [2.24, 2.45) is 0 Å². The lowest BCUT2D eigenvalue weighted by Crippen LogP contribution is -2.39. The van der Waals surface area contributed by atoms with Gasteiger partial charge in [0, 0.05) is 6.54 Å². The standard InChI is InChI=1S/C18H21NO2/c1-2-21-18(20)17(13-15-9-5-3-6-10-15)19-14-16-11-7-4-8-12-16/h3-12,17,19H,2,13-14H2,1H3/t17-/m0/s1. The van der Waals surface area contributed by atoms with Crippen LogP contribution in [0.25, 0.3) is 0 Å². The summed E-state index contributed by atoms with van der Waals surface area (Å²) in [5, 5.41) is 3.29. The van der Waals surface area contributed by atoms with Gasteiger partial charge in [-0.25, -0.2) is 0 Å². The van der Waals surface area contributed by atoms with E-state index < -0.39 is 0 Å². The number of rotatable bonds is 7. The fourth-order valence-corrected chi connectivity index (χ4v) is 2.17. The number of nitrogens with one attached hydrogen (secondary N) is 1. The van der Waals surface area contributed by atoms with Crippen molar-refractivity contribution < 1.29 is 9.53 Å². The molecule has 0 spiro atoms. The molecule has 0 aliphatic rings. The summed E-state index contributed by atoms with van der Waals surface area (Å²) >= 11 is 0. The van der Waals surface area contributed by atoms with Crippen LogP contribution < -0.4 is 5.32 Å². The van der Waals surface area contributed by atoms with Crippen LogP contribution in [0.15, 0.2) is 60.7 Å². The molecule has 2 aromatic rings. The summed E-state index contributed by atoms with van der Waals surface area (Å²) in [6.45, 7) is 2.88. The van der Waals surface area contributed by atoms with Crippen LogP contribution in [0.3, 0.4) is 0 Å². The van der Waals surface area contributed by atoms with Gasteiger partial charge in [-0.3, -0.25) is 4.79 Å². The summed E-state index contributed by atoms with van der Waals surface area (Å²) in [7, 11) is 0. The van der Waals surface area contributed by atoms with Crippen LogP contribution in [0.1, 0.15) is 18.1 Å². The number of esters is 1. The third kappa shape index (κ3) is 5.04. The molecule has 0 aromatic heterocycles. The third-order valence-corrected chi connectivity index (χ3v) is 3.25. The predicted molar refractivity (Wildman–Crippen MR) is 83.8 cm³/mol. The molecule has 2 rings (SSSR count). The van der Waals surface area contributed by atoms with Crippen molar-refractivity contribution in [1.29, 1.82) is 0 Å². The smallest absolute Gasteiger partial charge is 0.323 e. The quantitative estimate of drug-likeness (QED) is 0.794. The molecule has 3 nitrogen and oxygen atoms in total. The minimum Gasteiger partial charge on any atom is -0.465 e. The van der Waals surface area contributed by atoms with E-state index in [9.17, 15) is 4.79 Å². The van der Waals surface area contributed by atoms with E-state index in [0.29, 0.717) is 19.6 Å². The first-order valence-corrected chi connectivity index (χ1v) is 7.27.